The molecule has 0 saturated carbocycles. The van der Waals surface area contributed by atoms with E-state index < -0.39 is 0 Å². The van der Waals surface area contributed by atoms with Gasteiger partial charge in [-0.15, -0.1) is 0 Å². The second-order valence-corrected chi connectivity index (χ2v) is 10.0. The second-order valence-electron chi connectivity index (χ2n) is 10.0. The van der Waals surface area contributed by atoms with Crippen LogP contribution in [0, 0.1) is 0 Å². The smallest absolute Gasteiger partial charge is 0.0594 e. The van der Waals surface area contributed by atoms with Crippen molar-refractivity contribution in [2.45, 2.75) is 25.9 Å². The largest absolute Gasteiger partial charge is 0.379 e. The van der Waals surface area contributed by atoms with Gasteiger partial charge in [-0.2, -0.15) is 0 Å². The minimum absolute atomic E-state index is 0.875. The molecule has 5 rings (SSSR count). The fourth-order valence-corrected chi connectivity index (χ4v) is 5.62. The van der Waals surface area contributed by atoms with Gasteiger partial charge in [-0.05, 0) is 71.7 Å². The van der Waals surface area contributed by atoms with Gasteiger partial charge in [-0.1, -0.05) is 48.5 Å². The molecule has 0 spiro atoms. The summed E-state index contributed by atoms with van der Waals surface area (Å²) >= 11 is 0. The van der Waals surface area contributed by atoms with E-state index in [0.29, 0.717) is 0 Å². The maximum Gasteiger partial charge on any atom is 0.0594 e. The lowest BCUT2D eigenvalue weighted by molar-refractivity contribution is 0.0374. The molecule has 6 nitrogen and oxygen atoms in total. The Hall–Kier alpha value is -2.06. The van der Waals surface area contributed by atoms with E-state index in [4.69, 9.17) is 9.47 Å². The molecule has 2 fully saturated rings. The Balaban J connectivity index is 1.23. The highest BCUT2D eigenvalue weighted by atomic mass is 16.5. The summed E-state index contributed by atoms with van der Waals surface area (Å²) in [4.78, 5) is 5.03. The molecule has 0 aromatic heterocycles. The van der Waals surface area contributed by atoms with E-state index in [9.17, 15) is 0 Å². The van der Waals surface area contributed by atoms with Crippen molar-refractivity contribution in [3.63, 3.8) is 0 Å². The maximum atomic E-state index is 5.47. The van der Waals surface area contributed by atoms with Crippen molar-refractivity contribution >= 4 is 21.5 Å². The molecule has 2 N–H and O–H groups in total. The van der Waals surface area contributed by atoms with Gasteiger partial charge in [0.25, 0.3) is 0 Å². The van der Waals surface area contributed by atoms with Crippen LogP contribution in [-0.4, -0.2) is 88.6 Å². The van der Waals surface area contributed by atoms with Gasteiger partial charge >= 0.3 is 0 Å². The number of rotatable bonds is 12. The molecule has 3 aromatic rings. The normalized spacial score (nSPS) is 17.8. The van der Waals surface area contributed by atoms with Crippen molar-refractivity contribution in [1.82, 2.24) is 20.4 Å². The zero-order valence-electron chi connectivity index (χ0n) is 21.6. The van der Waals surface area contributed by atoms with E-state index in [1.165, 1.54) is 45.5 Å². The Kier molecular flexibility index (Phi) is 9.58. The number of nitrogens with one attached hydrogen (secondary N) is 2. The topological polar surface area (TPSA) is 49.0 Å². The monoisotopic (exact) mass is 490 g/mol. The first-order valence-corrected chi connectivity index (χ1v) is 13.8. The number of morpholine rings is 2. The van der Waals surface area contributed by atoms with Crippen molar-refractivity contribution in [2.75, 3.05) is 78.8 Å². The number of hydrogen-bond donors (Lipinski definition) is 2. The van der Waals surface area contributed by atoms with Gasteiger partial charge < -0.3 is 20.1 Å². The quantitative estimate of drug-likeness (QED) is 0.299. The summed E-state index contributed by atoms with van der Waals surface area (Å²) in [6, 6.07) is 17.9. The predicted octanol–water partition coefficient (Wildman–Crippen LogP) is 3.62. The number of ether oxygens (including phenoxy) is 2. The zero-order valence-corrected chi connectivity index (χ0v) is 21.6. The van der Waals surface area contributed by atoms with Gasteiger partial charge in [-0.3, -0.25) is 9.80 Å². The number of hydrogen-bond acceptors (Lipinski definition) is 6. The SMILES string of the molecule is c1ccc2c(CNCCCN3CCOCC3)c3ccccc3c(CNCCCN3CCOCC3)c2c1. The molecule has 2 aliphatic rings. The van der Waals surface area contributed by atoms with Crippen molar-refractivity contribution in [2.24, 2.45) is 0 Å². The lowest BCUT2D eigenvalue weighted by Crippen LogP contribution is -2.37. The molecule has 2 aliphatic heterocycles. The van der Waals surface area contributed by atoms with E-state index in [1.54, 1.807) is 0 Å². The Bertz CT molecular complexity index is 950. The van der Waals surface area contributed by atoms with Crippen LogP contribution >= 0.6 is 0 Å². The van der Waals surface area contributed by atoms with E-state index in [2.05, 4.69) is 69.0 Å². The first-order chi connectivity index (χ1) is 17.9. The minimum atomic E-state index is 0.875. The average Bonchev–Trinajstić information content (AvgIpc) is 2.94. The van der Waals surface area contributed by atoms with Crippen LogP contribution in [0.15, 0.2) is 48.5 Å². The number of benzene rings is 3. The van der Waals surface area contributed by atoms with Crippen LogP contribution < -0.4 is 10.6 Å². The molecule has 0 atom stereocenters. The van der Waals surface area contributed by atoms with E-state index in [1.807, 2.05) is 0 Å². The maximum absolute atomic E-state index is 5.47. The third kappa shape index (κ3) is 6.62. The zero-order chi connectivity index (χ0) is 24.4. The van der Waals surface area contributed by atoms with Crippen LogP contribution in [0.3, 0.4) is 0 Å². The highest BCUT2D eigenvalue weighted by molar-refractivity contribution is 6.05. The molecule has 2 heterocycles. The van der Waals surface area contributed by atoms with Gasteiger partial charge in [0.05, 0.1) is 26.4 Å². The summed E-state index contributed by atoms with van der Waals surface area (Å²) < 4.78 is 10.9. The Morgan fingerprint density at radius 3 is 1.28 bits per heavy atom. The fraction of sp³-hybridized carbons (Fsp3) is 0.533. The van der Waals surface area contributed by atoms with Crippen LogP contribution in [0.2, 0.25) is 0 Å². The average molecular weight is 491 g/mol. The standard InChI is InChI=1S/C30H42N4O2/c1-2-8-26-25(7-1)29(23-31-11-5-13-33-15-19-35-20-16-33)27-9-3-4-10-28(27)30(26)24-32-12-6-14-34-17-21-36-22-18-34/h1-4,7-10,31-32H,5-6,11-24H2. The first kappa shape index (κ1) is 25.6. The van der Waals surface area contributed by atoms with Crippen molar-refractivity contribution < 1.29 is 9.47 Å². The summed E-state index contributed by atoms with van der Waals surface area (Å²) in [5, 5.41) is 13.0. The molecular formula is C30H42N4O2. The summed E-state index contributed by atoms with van der Waals surface area (Å²) in [6.07, 6.45) is 2.34. The molecular weight excluding hydrogens is 448 g/mol. The predicted molar refractivity (Wildman–Crippen MR) is 149 cm³/mol. The van der Waals surface area contributed by atoms with Crippen molar-refractivity contribution in [3.8, 4) is 0 Å². The third-order valence-corrected chi connectivity index (χ3v) is 7.62. The molecule has 2 saturated heterocycles. The van der Waals surface area contributed by atoms with Crippen LogP contribution in [0.5, 0.6) is 0 Å². The summed E-state index contributed by atoms with van der Waals surface area (Å²) in [5.74, 6) is 0. The Morgan fingerprint density at radius 2 is 0.917 bits per heavy atom. The van der Waals surface area contributed by atoms with Crippen molar-refractivity contribution in [1.29, 1.82) is 0 Å². The fourth-order valence-electron chi connectivity index (χ4n) is 5.62. The van der Waals surface area contributed by atoms with Gasteiger partial charge in [0.2, 0.25) is 0 Å². The molecule has 0 unspecified atom stereocenters. The number of fused-ring (bicyclic) bond motifs is 2. The third-order valence-electron chi connectivity index (χ3n) is 7.62. The summed E-state index contributed by atoms with van der Waals surface area (Å²) in [6.45, 7) is 13.9. The molecule has 0 bridgehead atoms. The summed E-state index contributed by atoms with van der Waals surface area (Å²) in [5.41, 5.74) is 2.84. The van der Waals surface area contributed by atoms with Crippen LogP contribution in [0.4, 0.5) is 0 Å². The van der Waals surface area contributed by atoms with E-state index in [0.717, 1.165) is 91.9 Å². The molecule has 0 amide bonds. The molecule has 3 aromatic carbocycles. The molecule has 194 valence electrons. The van der Waals surface area contributed by atoms with Crippen LogP contribution in [-0.2, 0) is 22.6 Å². The van der Waals surface area contributed by atoms with Crippen LogP contribution in [0.1, 0.15) is 24.0 Å². The van der Waals surface area contributed by atoms with Crippen LogP contribution in [0.25, 0.3) is 21.5 Å². The van der Waals surface area contributed by atoms with Gasteiger partial charge in [0.15, 0.2) is 0 Å². The number of nitrogens with zero attached hydrogens (tertiary/aromatic N) is 2. The van der Waals surface area contributed by atoms with E-state index >= 15 is 0 Å². The van der Waals surface area contributed by atoms with Crippen molar-refractivity contribution in [3.05, 3.63) is 59.7 Å². The highest BCUT2D eigenvalue weighted by Crippen LogP contribution is 2.33. The van der Waals surface area contributed by atoms with Gasteiger partial charge in [0.1, 0.15) is 0 Å². The summed E-state index contributed by atoms with van der Waals surface area (Å²) in [7, 11) is 0. The lowest BCUT2D eigenvalue weighted by atomic mass is 9.91. The molecule has 0 radical (unpaired) electrons. The Morgan fingerprint density at radius 1 is 0.556 bits per heavy atom. The second kappa shape index (κ2) is 13.5. The molecule has 36 heavy (non-hydrogen) atoms. The highest BCUT2D eigenvalue weighted by Gasteiger charge is 2.14. The molecule has 6 heteroatoms. The first-order valence-electron chi connectivity index (χ1n) is 13.8. The molecule has 0 aliphatic carbocycles. The minimum Gasteiger partial charge on any atom is -0.379 e. The van der Waals surface area contributed by atoms with Gasteiger partial charge in [-0.25, -0.2) is 0 Å². The lowest BCUT2D eigenvalue weighted by Gasteiger charge is -2.26. The van der Waals surface area contributed by atoms with Gasteiger partial charge in [0, 0.05) is 39.3 Å². The Labute approximate surface area is 215 Å². The van der Waals surface area contributed by atoms with E-state index in [-0.39, 0.29) is 0 Å².